The second-order valence-electron chi connectivity index (χ2n) is 6.85. The van der Waals surface area contributed by atoms with Gasteiger partial charge in [0.2, 0.25) is 5.91 Å². The van der Waals surface area contributed by atoms with E-state index in [0.29, 0.717) is 37.4 Å². The van der Waals surface area contributed by atoms with Crippen molar-refractivity contribution in [2.24, 2.45) is 0 Å². The molecule has 4 nitrogen and oxygen atoms in total. The monoisotopic (exact) mass is 392 g/mol. The Labute approximate surface area is 162 Å². The summed E-state index contributed by atoms with van der Waals surface area (Å²) < 4.78 is 44.6. The number of carbonyl (C=O) groups is 1. The molecule has 1 aliphatic heterocycles. The summed E-state index contributed by atoms with van der Waals surface area (Å²) in [6.07, 6.45) is -3.13. The first-order chi connectivity index (χ1) is 13.4. The third-order valence-corrected chi connectivity index (χ3v) is 4.88. The Morgan fingerprint density at radius 3 is 2.64 bits per heavy atom. The summed E-state index contributed by atoms with van der Waals surface area (Å²) in [4.78, 5) is 13.7. The lowest BCUT2D eigenvalue weighted by molar-refractivity contribution is -0.137. The van der Waals surface area contributed by atoms with Crippen LogP contribution in [0.25, 0.3) is 0 Å². The standard InChI is InChI=1S/C21H23F3N2O2/c1-28-18-8-2-5-15(11-18)13-25-19(14-26-10-4-9-20(26)27)16-6-3-7-17(12-16)21(22,23)24/h2-3,5-8,11-12,19,25H,4,9-10,13-14H2,1H3. The van der Waals surface area contributed by atoms with Gasteiger partial charge in [-0.05, 0) is 41.8 Å². The van der Waals surface area contributed by atoms with Gasteiger partial charge < -0.3 is 15.0 Å². The molecule has 0 radical (unpaired) electrons. The van der Waals surface area contributed by atoms with Gasteiger partial charge in [-0.25, -0.2) is 0 Å². The highest BCUT2D eigenvalue weighted by Gasteiger charge is 2.31. The van der Waals surface area contributed by atoms with Crippen LogP contribution in [0.4, 0.5) is 13.2 Å². The number of amides is 1. The highest BCUT2D eigenvalue weighted by Crippen LogP contribution is 2.31. The van der Waals surface area contributed by atoms with Crippen LogP contribution in [0.5, 0.6) is 5.75 Å². The Kier molecular flexibility index (Phi) is 6.24. The van der Waals surface area contributed by atoms with Crippen molar-refractivity contribution in [3.8, 4) is 5.75 Å². The predicted molar refractivity (Wildman–Crippen MR) is 99.8 cm³/mol. The maximum atomic E-state index is 13.1. The normalized spacial score (nSPS) is 15.7. The van der Waals surface area contributed by atoms with Crippen molar-refractivity contribution in [3.63, 3.8) is 0 Å². The first-order valence-electron chi connectivity index (χ1n) is 9.18. The lowest BCUT2D eigenvalue weighted by atomic mass is 10.0. The van der Waals surface area contributed by atoms with Crippen molar-refractivity contribution in [1.29, 1.82) is 0 Å². The predicted octanol–water partition coefficient (Wildman–Crippen LogP) is 4.17. The van der Waals surface area contributed by atoms with Crippen LogP contribution >= 0.6 is 0 Å². The van der Waals surface area contributed by atoms with E-state index in [1.54, 1.807) is 18.1 Å². The van der Waals surface area contributed by atoms with E-state index in [4.69, 9.17) is 4.74 Å². The summed E-state index contributed by atoms with van der Waals surface area (Å²) in [7, 11) is 1.58. The van der Waals surface area contributed by atoms with E-state index in [-0.39, 0.29) is 5.91 Å². The minimum Gasteiger partial charge on any atom is -0.497 e. The molecule has 1 aliphatic rings. The summed E-state index contributed by atoms with van der Waals surface area (Å²) in [6, 6.07) is 12.4. The fourth-order valence-corrected chi connectivity index (χ4v) is 3.36. The smallest absolute Gasteiger partial charge is 0.416 e. The lowest BCUT2D eigenvalue weighted by Crippen LogP contribution is -2.36. The molecule has 0 aliphatic carbocycles. The van der Waals surface area contributed by atoms with Crippen LogP contribution in [0.1, 0.15) is 35.6 Å². The molecule has 150 valence electrons. The highest BCUT2D eigenvalue weighted by atomic mass is 19.4. The zero-order valence-corrected chi connectivity index (χ0v) is 15.6. The Morgan fingerprint density at radius 1 is 1.18 bits per heavy atom. The first kappa shape index (κ1) is 20.2. The number of ether oxygens (including phenoxy) is 1. The van der Waals surface area contributed by atoms with Crippen LogP contribution < -0.4 is 10.1 Å². The van der Waals surface area contributed by atoms with Crippen molar-refractivity contribution < 1.29 is 22.7 Å². The highest BCUT2D eigenvalue weighted by molar-refractivity contribution is 5.78. The van der Waals surface area contributed by atoms with E-state index >= 15 is 0 Å². The molecular weight excluding hydrogens is 369 g/mol. The molecule has 0 bridgehead atoms. The number of hydrogen-bond acceptors (Lipinski definition) is 3. The first-order valence-corrected chi connectivity index (χ1v) is 9.18. The van der Waals surface area contributed by atoms with Gasteiger partial charge >= 0.3 is 6.18 Å². The number of halogens is 3. The average Bonchev–Trinajstić information content (AvgIpc) is 3.09. The van der Waals surface area contributed by atoms with Crippen LogP contribution in [0, 0.1) is 0 Å². The third-order valence-electron chi connectivity index (χ3n) is 4.88. The van der Waals surface area contributed by atoms with Gasteiger partial charge in [0.25, 0.3) is 0 Å². The van der Waals surface area contributed by atoms with Crippen molar-refractivity contribution >= 4 is 5.91 Å². The molecule has 2 aromatic carbocycles. The van der Waals surface area contributed by atoms with E-state index in [9.17, 15) is 18.0 Å². The number of nitrogens with one attached hydrogen (secondary N) is 1. The second kappa shape index (κ2) is 8.65. The molecule has 1 unspecified atom stereocenters. The lowest BCUT2D eigenvalue weighted by Gasteiger charge is -2.26. The van der Waals surface area contributed by atoms with Crippen molar-refractivity contribution in [1.82, 2.24) is 10.2 Å². The Morgan fingerprint density at radius 2 is 1.96 bits per heavy atom. The molecule has 1 saturated heterocycles. The second-order valence-corrected chi connectivity index (χ2v) is 6.85. The van der Waals surface area contributed by atoms with Crippen molar-refractivity contribution in [3.05, 3.63) is 65.2 Å². The summed E-state index contributed by atoms with van der Waals surface area (Å²) in [6.45, 7) is 1.42. The molecule has 0 spiro atoms. The average molecular weight is 392 g/mol. The third kappa shape index (κ3) is 5.04. The Hall–Kier alpha value is -2.54. The van der Waals surface area contributed by atoms with Gasteiger partial charge in [-0.15, -0.1) is 0 Å². The van der Waals surface area contributed by atoms with Crippen LogP contribution in [0.2, 0.25) is 0 Å². The summed E-state index contributed by atoms with van der Waals surface area (Å²) in [5.74, 6) is 0.754. The van der Waals surface area contributed by atoms with E-state index in [1.165, 1.54) is 6.07 Å². The molecule has 3 rings (SSSR count). The molecule has 1 N–H and O–H groups in total. The molecule has 1 fully saturated rings. The maximum absolute atomic E-state index is 13.1. The number of hydrogen-bond donors (Lipinski definition) is 1. The van der Waals surface area contributed by atoms with Crippen LogP contribution in [0.15, 0.2) is 48.5 Å². The van der Waals surface area contributed by atoms with Gasteiger partial charge in [0, 0.05) is 26.1 Å². The topological polar surface area (TPSA) is 41.6 Å². The minimum absolute atomic E-state index is 0.0418. The van der Waals surface area contributed by atoms with Crippen LogP contribution in [-0.4, -0.2) is 31.0 Å². The van der Waals surface area contributed by atoms with E-state index in [2.05, 4.69) is 5.32 Å². The molecule has 0 saturated carbocycles. The number of carbonyl (C=O) groups excluding carboxylic acids is 1. The van der Waals surface area contributed by atoms with E-state index < -0.39 is 17.8 Å². The quantitative estimate of drug-likeness (QED) is 0.769. The van der Waals surface area contributed by atoms with Gasteiger partial charge in [0.1, 0.15) is 5.75 Å². The Bertz CT molecular complexity index is 823. The molecule has 2 aromatic rings. The number of likely N-dealkylation sites (tertiary alicyclic amines) is 1. The van der Waals surface area contributed by atoms with Gasteiger partial charge in [-0.2, -0.15) is 13.2 Å². The summed E-state index contributed by atoms with van der Waals surface area (Å²) in [5, 5.41) is 3.31. The molecular formula is C21H23F3N2O2. The van der Waals surface area contributed by atoms with Gasteiger partial charge in [0.05, 0.1) is 18.7 Å². The number of nitrogens with zero attached hydrogens (tertiary/aromatic N) is 1. The fraction of sp³-hybridized carbons (Fsp3) is 0.381. The fourth-order valence-electron chi connectivity index (χ4n) is 3.36. The maximum Gasteiger partial charge on any atom is 0.416 e. The number of rotatable bonds is 7. The summed E-state index contributed by atoms with van der Waals surface area (Å²) in [5.41, 5.74) is 0.771. The molecule has 1 heterocycles. The molecule has 7 heteroatoms. The zero-order chi connectivity index (χ0) is 20.1. The van der Waals surface area contributed by atoms with E-state index in [1.807, 2.05) is 24.3 Å². The zero-order valence-electron chi connectivity index (χ0n) is 15.6. The molecule has 0 aromatic heterocycles. The van der Waals surface area contributed by atoms with Crippen LogP contribution in [-0.2, 0) is 17.5 Å². The minimum atomic E-state index is -4.41. The number of alkyl halides is 3. The van der Waals surface area contributed by atoms with Crippen LogP contribution in [0.3, 0.4) is 0 Å². The molecule has 1 atom stereocenters. The summed E-state index contributed by atoms with van der Waals surface area (Å²) >= 11 is 0. The van der Waals surface area contributed by atoms with Crippen molar-refractivity contribution in [2.45, 2.75) is 31.6 Å². The number of benzene rings is 2. The van der Waals surface area contributed by atoms with Gasteiger partial charge in [-0.3, -0.25) is 4.79 Å². The largest absolute Gasteiger partial charge is 0.497 e. The Balaban J connectivity index is 1.81. The van der Waals surface area contributed by atoms with Gasteiger partial charge in [0.15, 0.2) is 0 Å². The number of methoxy groups -OCH3 is 1. The van der Waals surface area contributed by atoms with Crippen molar-refractivity contribution in [2.75, 3.05) is 20.2 Å². The molecule has 28 heavy (non-hydrogen) atoms. The SMILES string of the molecule is COc1cccc(CNC(CN2CCCC2=O)c2cccc(C(F)(F)F)c2)c1. The van der Waals surface area contributed by atoms with E-state index in [0.717, 1.165) is 24.1 Å². The van der Waals surface area contributed by atoms with Gasteiger partial charge in [-0.1, -0.05) is 24.3 Å². The molecule has 1 amide bonds.